The number of carbonyl (C=O) groups excluding carboxylic acids is 2. The Balaban J connectivity index is 1.68. The van der Waals surface area contributed by atoms with Crippen molar-refractivity contribution in [1.82, 2.24) is 4.98 Å². The van der Waals surface area contributed by atoms with Crippen LogP contribution in [0.2, 0.25) is 0 Å². The third kappa shape index (κ3) is 3.13. The van der Waals surface area contributed by atoms with Crippen LogP contribution in [0.1, 0.15) is 26.6 Å². The van der Waals surface area contributed by atoms with Crippen molar-refractivity contribution in [2.75, 3.05) is 5.32 Å². The Labute approximate surface area is 157 Å². The molecule has 0 aliphatic rings. The van der Waals surface area contributed by atoms with E-state index in [0.717, 1.165) is 5.56 Å². The predicted octanol–water partition coefficient (Wildman–Crippen LogP) is 5.07. The van der Waals surface area contributed by atoms with E-state index < -0.39 is 11.7 Å². The van der Waals surface area contributed by atoms with Crippen molar-refractivity contribution >= 4 is 39.6 Å². The molecule has 2 aromatic heterocycles. The summed E-state index contributed by atoms with van der Waals surface area (Å²) in [6.07, 6.45) is 0.651. The molecule has 0 fully saturated rings. The third-order valence-corrected chi connectivity index (χ3v) is 5.06. The van der Waals surface area contributed by atoms with E-state index in [-0.39, 0.29) is 11.5 Å². The molecule has 4 rings (SSSR count). The Morgan fingerprint density at radius 2 is 2.04 bits per heavy atom. The van der Waals surface area contributed by atoms with E-state index in [2.05, 4.69) is 10.3 Å². The molecule has 134 valence electrons. The molecule has 0 saturated heterocycles. The van der Waals surface area contributed by atoms with Gasteiger partial charge in [-0.2, -0.15) is 0 Å². The lowest BCUT2D eigenvalue weighted by Gasteiger charge is -2.06. The van der Waals surface area contributed by atoms with Gasteiger partial charge in [0.25, 0.3) is 5.89 Å². The van der Waals surface area contributed by atoms with Gasteiger partial charge in [0.2, 0.25) is 0 Å². The van der Waals surface area contributed by atoms with E-state index in [1.165, 1.54) is 23.5 Å². The zero-order chi connectivity index (χ0) is 19.0. The summed E-state index contributed by atoms with van der Waals surface area (Å²) in [6.45, 7) is 1.83. The molecule has 1 N–H and O–H groups in total. The fourth-order valence-corrected chi connectivity index (χ4v) is 3.73. The van der Waals surface area contributed by atoms with Crippen molar-refractivity contribution in [2.24, 2.45) is 0 Å². The van der Waals surface area contributed by atoms with Crippen LogP contribution in [0.25, 0.3) is 22.2 Å². The summed E-state index contributed by atoms with van der Waals surface area (Å²) >= 11 is 1.18. The van der Waals surface area contributed by atoms with Crippen molar-refractivity contribution in [1.29, 1.82) is 0 Å². The number of hydrogen-bond donors (Lipinski definition) is 1. The first-order chi connectivity index (χ1) is 13.1. The molecule has 0 saturated carbocycles. The van der Waals surface area contributed by atoms with Crippen LogP contribution in [0.15, 0.2) is 52.3 Å². The van der Waals surface area contributed by atoms with E-state index in [0.29, 0.717) is 33.5 Å². The number of halogens is 1. The fourth-order valence-electron chi connectivity index (χ4n) is 2.80. The van der Waals surface area contributed by atoms with Gasteiger partial charge in [-0.1, -0.05) is 18.2 Å². The summed E-state index contributed by atoms with van der Waals surface area (Å²) in [6, 6.07) is 11.4. The van der Waals surface area contributed by atoms with Gasteiger partial charge >= 0.3 is 5.91 Å². The number of fused-ring (bicyclic) bond motifs is 1. The minimum Gasteiger partial charge on any atom is -0.432 e. The monoisotopic (exact) mass is 380 g/mol. The molecule has 27 heavy (non-hydrogen) atoms. The minimum absolute atomic E-state index is 0.0927. The molecule has 0 radical (unpaired) electrons. The number of rotatable bonds is 4. The Hall–Kier alpha value is -3.32. The molecule has 0 unspecified atom stereocenters. The van der Waals surface area contributed by atoms with Gasteiger partial charge in [0.05, 0.1) is 5.56 Å². The number of nitrogens with zero attached hydrogens (tertiary/aromatic N) is 1. The van der Waals surface area contributed by atoms with Crippen LogP contribution in [0.5, 0.6) is 0 Å². The highest BCUT2D eigenvalue weighted by atomic mass is 32.1. The maximum atomic E-state index is 13.6. The normalized spacial score (nSPS) is 10.9. The molecule has 1 amide bonds. The van der Waals surface area contributed by atoms with Gasteiger partial charge in [0.1, 0.15) is 16.3 Å². The van der Waals surface area contributed by atoms with Gasteiger partial charge < -0.3 is 9.73 Å². The number of aromatic nitrogens is 1. The van der Waals surface area contributed by atoms with Gasteiger partial charge in [-0.15, -0.1) is 11.3 Å². The molecule has 4 aromatic rings. The van der Waals surface area contributed by atoms with Crippen LogP contribution >= 0.6 is 11.3 Å². The number of benzene rings is 2. The highest BCUT2D eigenvalue weighted by molar-refractivity contribution is 7.15. The molecule has 2 aromatic carbocycles. The summed E-state index contributed by atoms with van der Waals surface area (Å²) in [4.78, 5) is 28.3. The standard InChI is InChI=1S/C20H13FN2O3S/c1-11-6-7-12(21)8-13(11)15-10-27-20(14(15)9-24)23-18(25)19-22-16-4-2-3-5-17(16)26-19/h2-10H,1H3,(H,23,25). The first-order valence-electron chi connectivity index (χ1n) is 8.07. The molecule has 7 heteroatoms. The number of anilines is 1. The van der Waals surface area contributed by atoms with Crippen LogP contribution in [0, 0.1) is 12.7 Å². The molecule has 0 atom stereocenters. The molecule has 2 heterocycles. The number of carbonyl (C=O) groups is 2. The topological polar surface area (TPSA) is 72.2 Å². The number of oxazole rings is 1. The highest BCUT2D eigenvalue weighted by Crippen LogP contribution is 2.36. The lowest BCUT2D eigenvalue weighted by Crippen LogP contribution is -2.12. The van der Waals surface area contributed by atoms with Gasteiger partial charge in [0.15, 0.2) is 11.9 Å². The smallest absolute Gasteiger partial charge is 0.312 e. The van der Waals surface area contributed by atoms with E-state index in [9.17, 15) is 14.0 Å². The second kappa shape index (κ2) is 6.77. The number of nitrogens with one attached hydrogen (secondary N) is 1. The third-order valence-electron chi connectivity index (χ3n) is 4.15. The number of aryl methyl sites for hydroxylation is 1. The number of amides is 1. The van der Waals surface area contributed by atoms with Crippen LogP contribution in [0.4, 0.5) is 9.39 Å². The summed E-state index contributed by atoms with van der Waals surface area (Å²) in [5.41, 5.74) is 3.36. The van der Waals surface area contributed by atoms with Gasteiger partial charge in [-0.05, 0) is 42.3 Å². The second-order valence-corrected chi connectivity index (χ2v) is 6.79. The first-order valence-corrected chi connectivity index (χ1v) is 8.95. The summed E-state index contributed by atoms with van der Waals surface area (Å²) < 4.78 is 19.1. The van der Waals surface area contributed by atoms with Crippen LogP contribution in [-0.2, 0) is 0 Å². The molecular formula is C20H13FN2O3S. The van der Waals surface area contributed by atoms with Gasteiger partial charge in [0, 0.05) is 10.9 Å². The van der Waals surface area contributed by atoms with Crippen molar-refractivity contribution in [3.8, 4) is 11.1 Å². The van der Waals surface area contributed by atoms with Crippen LogP contribution < -0.4 is 5.32 Å². The highest BCUT2D eigenvalue weighted by Gasteiger charge is 2.20. The average molecular weight is 380 g/mol. The zero-order valence-electron chi connectivity index (χ0n) is 14.2. The van der Waals surface area contributed by atoms with E-state index in [1.807, 2.05) is 6.92 Å². The Bertz CT molecular complexity index is 1150. The Morgan fingerprint density at radius 3 is 2.81 bits per heavy atom. The lowest BCUT2D eigenvalue weighted by molar-refractivity contribution is 0.0992. The predicted molar refractivity (Wildman–Crippen MR) is 102 cm³/mol. The summed E-state index contributed by atoms with van der Waals surface area (Å²) in [7, 11) is 0. The fraction of sp³-hybridized carbons (Fsp3) is 0.0500. The number of hydrogen-bond acceptors (Lipinski definition) is 5. The molecule has 0 aliphatic heterocycles. The van der Waals surface area contributed by atoms with E-state index in [4.69, 9.17) is 4.42 Å². The van der Waals surface area contributed by atoms with E-state index >= 15 is 0 Å². The Kier molecular flexibility index (Phi) is 4.29. The zero-order valence-corrected chi connectivity index (χ0v) is 15.0. The van der Waals surface area contributed by atoms with Gasteiger partial charge in [-0.3, -0.25) is 9.59 Å². The number of thiophene rings is 1. The second-order valence-electron chi connectivity index (χ2n) is 5.91. The van der Waals surface area contributed by atoms with Crippen molar-refractivity contribution in [3.05, 3.63) is 70.7 Å². The quantitative estimate of drug-likeness (QED) is 0.502. The first kappa shape index (κ1) is 17.1. The molecule has 0 aliphatic carbocycles. The maximum Gasteiger partial charge on any atom is 0.312 e. The van der Waals surface area contributed by atoms with Crippen LogP contribution in [0.3, 0.4) is 0 Å². The summed E-state index contributed by atoms with van der Waals surface area (Å²) in [5.74, 6) is -1.04. The summed E-state index contributed by atoms with van der Waals surface area (Å²) in [5, 5.41) is 4.73. The van der Waals surface area contributed by atoms with Crippen LogP contribution in [-0.4, -0.2) is 17.2 Å². The average Bonchev–Trinajstić information content (AvgIpc) is 3.27. The van der Waals surface area contributed by atoms with Crippen molar-refractivity contribution in [3.63, 3.8) is 0 Å². The minimum atomic E-state index is -0.557. The molecular weight excluding hydrogens is 367 g/mol. The lowest BCUT2D eigenvalue weighted by atomic mass is 10.00. The largest absolute Gasteiger partial charge is 0.432 e. The number of aldehydes is 1. The Morgan fingerprint density at radius 1 is 1.22 bits per heavy atom. The van der Waals surface area contributed by atoms with E-state index in [1.54, 1.807) is 35.7 Å². The molecule has 5 nitrogen and oxygen atoms in total. The molecule has 0 bridgehead atoms. The SMILES string of the molecule is Cc1ccc(F)cc1-c1csc(NC(=O)c2nc3ccccc3o2)c1C=O. The molecule has 0 spiro atoms. The van der Waals surface area contributed by atoms with Crippen molar-refractivity contribution in [2.45, 2.75) is 6.92 Å². The van der Waals surface area contributed by atoms with Gasteiger partial charge in [-0.25, -0.2) is 9.37 Å². The van der Waals surface area contributed by atoms with Crippen molar-refractivity contribution < 1.29 is 18.4 Å². The maximum absolute atomic E-state index is 13.6. The number of para-hydroxylation sites is 2.